The van der Waals surface area contributed by atoms with Crippen LogP contribution in [0.4, 0.5) is 11.5 Å². The van der Waals surface area contributed by atoms with Crippen LogP contribution in [0.3, 0.4) is 0 Å². The van der Waals surface area contributed by atoms with Gasteiger partial charge in [0.05, 0.1) is 10.6 Å². The molecule has 0 aliphatic carbocycles. The van der Waals surface area contributed by atoms with Crippen molar-refractivity contribution in [2.24, 2.45) is 5.73 Å². The first-order valence-electron chi connectivity index (χ1n) is 5.05. The molecule has 3 nitrogen and oxygen atoms in total. The molecule has 0 fully saturated rings. The third-order valence-electron chi connectivity index (χ3n) is 2.26. The van der Waals surface area contributed by atoms with E-state index in [1.807, 2.05) is 18.2 Å². The van der Waals surface area contributed by atoms with Gasteiger partial charge in [-0.2, -0.15) is 0 Å². The van der Waals surface area contributed by atoms with Gasteiger partial charge < -0.3 is 11.1 Å². The van der Waals surface area contributed by atoms with Crippen LogP contribution >= 0.6 is 39.7 Å². The van der Waals surface area contributed by atoms with Gasteiger partial charge in [0.15, 0.2) is 0 Å². The highest BCUT2D eigenvalue weighted by molar-refractivity contribution is 9.10. The molecule has 2 rings (SSSR count). The molecule has 18 heavy (non-hydrogen) atoms. The number of pyridine rings is 1. The Morgan fingerprint density at radius 1 is 1.39 bits per heavy atom. The lowest BCUT2D eigenvalue weighted by Gasteiger charge is -2.10. The molecule has 0 bridgehead atoms. The molecule has 0 spiro atoms. The molecule has 0 unspecified atom stereocenters. The topological polar surface area (TPSA) is 50.9 Å². The van der Waals surface area contributed by atoms with Gasteiger partial charge in [0.25, 0.3) is 0 Å². The van der Waals surface area contributed by atoms with E-state index in [0.29, 0.717) is 21.4 Å². The average molecular weight is 343 g/mol. The van der Waals surface area contributed by atoms with Crippen LogP contribution in [-0.4, -0.2) is 9.97 Å². The molecule has 92 valence electrons. The molecule has 6 heteroatoms. The fraction of sp³-hybridized carbons (Fsp3) is 0. The first-order valence-corrected chi connectivity index (χ1v) is 6.63. The number of nitrogens with two attached hydrogens (primary N) is 1. The fourth-order valence-electron chi connectivity index (χ4n) is 1.41. The highest BCUT2D eigenvalue weighted by Crippen LogP contribution is 2.27. The van der Waals surface area contributed by atoms with Crippen molar-refractivity contribution >= 4 is 56.2 Å². The second-order valence-corrected chi connectivity index (χ2v) is 5.22. The van der Waals surface area contributed by atoms with E-state index >= 15 is 0 Å². The van der Waals surface area contributed by atoms with E-state index in [1.54, 1.807) is 18.3 Å². The van der Waals surface area contributed by atoms with Crippen molar-refractivity contribution in [3.05, 3.63) is 51.6 Å². The van der Waals surface area contributed by atoms with Gasteiger partial charge in [0, 0.05) is 16.4 Å². The number of rotatable bonds is 3. The highest BCUT2D eigenvalue weighted by atomic mass is 79.9. The Morgan fingerprint density at radius 3 is 2.83 bits per heavy atom. The zero-order valence-electron chi connectivity index (χ0n) is 9.15. The molecule has 0 saturated heterocycles. The molecule has 0 aliphatic heterocycles. The number of hydrogen-bond donors (Lipinski definition) is 2. The SMILES string of the molecule is NC(=S)c1cccnc1Nc1ccc(Cl)c(Br)c1. The van der Waals surface area contributed by atoms with Gasteiger partial charge in [-0.15, -0.1) is 0 Å². The van der Waals surface area contributed by atoms with Crippen molar-refractivity contribution in [3.63, 3.8) is 0 Å². The lowest BCUT2D eigenvalue weighted by molar-refractivity contribution is 1.29. The summed E-state index contributed by atoms with van der Waals surface area (Å²) in [6, 6.07) is 9.11. The zero-order chi connectivity index (χ0) is 13.1. The number of benzene rings is 1. The van der Waals surface area contributed by atoms with Crippen molar-refractivity contribution in [3.8, 4) is 0 Å². The van der Waals surface area contributed by atoms with Gasteiger partial charge >= 0.3 is 0 Å². The van der Waals surface area contributed by atoms with Gasteiger partial charge in [-0.25, -0.2) is 4.98 Å². The summed E-state index contributed by atoms with van der Waals surface area (Å²) in [7, 11) is 0. The predicted octanol–water partition coefficient (Wildman–Crippen LogP) is 3.88. The Bertz CT molecular complexity index is 604. The third kappa shape index (κ3) is 2.98. The van der Waals surface area contributed by atoms with Crippen LogP contribution in [-0.2, 0) is 0 Å². The van der Waals surface area contributed by atoms with Crippen molar-refractivity contribution in [1.29, 1.82) is 0 Å². The Labute approximate surface area is 123 Å². The van der Waals surface area contributed by atoms with E-state index in [-0.39, 0.29) is 0 Å². The van der Waals surface area contributed by atoms with Crippen LogP contribution in [0.1, 0.15) is 5.56 Å². The molecule has 1 aromatic heterocycles. The summed E-state index contributed by atoms with van der Waals surface area (Å²) < 4.78 is 0.807. The first kappa shape index (κ1) is 13.3. The normalized spacial score (nSPS) is 10.1. The standard InChI is InChI=1S/C12H9BrClN3S/c13-9-6-7(3-4-10(9)14)17-12-8(11(15)18)2-1-5-16-12/h1-6H,(H2,15,18)(H,16,17). The number of aromatic nitrogens is 1. The molecule has 0 radical (unpaired) electrons. The van der Waals surface area contributed by atoms with Gasteiger partial charge in [0.2, 0.25) is 0 Å². The number of thiocarbonyl (C=S) groups is 1. The van der Waals surface area contributed by atoms with E-state index in [0.717, 1.165) is 10.2 Å². The fourth-order valence-corrected chi connectivity index (χ4v) is 2.08. The summed E-state index contributed by atoms with van der Waals surface area (Å²) in [6.45, 7) is 0. The Kier molecular flexibility index (Phi) is 4.16. The Balaban J connectivity index is 2.34. The molecule has 0 aliphatic rings. The van der Waals surface area contributed by atoms with Gasteiger partial charge in [-0.05, 0) is 46.3 Å². The minimum Gasteiger partial charge on any atom is -0.389 e. The average Bonchev–Trinajstić information content (AvgIpc) is 2.34. The van der Waals surface area contributed by atoms with Crippen molar-refractivity contribution in [1.82, 2.24) is 4.98 Å². The summed E-state index contributed by atoms with van der Waals surface area (Å²) >= 11 is 14.3. The molecule has 0 atom stereocenters. The number of anilines is 2. The van der Waals surface area contributed by atoms with Crippen LogP contribution < -0.4 is 11.1 Å². The summed E-state index contributed by atoms with van der Waals surface area (Å²) in [5, 5.41) is 3.80. The summed E-state index contributed by atoms with van der Waals surface area (Å²) in [5.41, 5.74) is 7.20. The van der Waals surface area contributed by atoms with Crippen molar-refractivity contribution < 1.29 is 0 Å². The smallest absolute Gasteiger partial charge is 0.140 e. The molecule has 0 saturated carbocycles. The lowest BCUT2D eigenvalue weighted by atomic mass is 10.2. The number of nitrogens with zero attached hydrogens (tertiary/aromatic N) is 1. The summed E-state index contributed by atoms with van der Waals surface area (Å²) in [5.74, 6) is 0.624. The van der Waals surface area contributed by atoms with Crippen LogP contribution in [0.5, 0.6) is 0 Å². The molecule has 1 heterocycles. The van der Waals surface area contributed by atoms with E-state index in [9.17, 15) is 0 Å². The lowest BCUT2D eigenvalue weighted by Crippen LogP contribution is -2.12. The summed E-state index contributed by atoms with van der Waals surface area (Å²) in [4.78, 5) is 4.52. The predicted molar refractivity (Wildman–Crippen MR) is 82.6 cm³/mol. The van der Waals surface area contributed by atoms with Gasteiger partial charge in [0.1, 0.15) is 10.8 Å². The van der Waals surface area contributed by atoms with Crippen LogP contribution in [0, 0.1) is 0 Å². The van der Waals surface area contributed by atoms with E-state index in [4.69, 9.17) is 29.6 Å². The minimum absolute atomic E-state index is 0.304. The molecule has 3 N–H and O–H groups in total. The second kappa shape index (κ2) is 5.65. The monoisotopic (exact) mass is 341 g/mol. The molecule has 0 amide bonds. The third-order valence-corrected chi connectivity index (χ3v) is 3.69. The second-order valence-electron chi connectivity index (χ2n) is 3.52. The maximum atomic E-state index is 5.93. The molecular weight excluding hydrogens is 334 g/mol. The summed E-state index contributed by atoms with van der Waals surface area (Å²) in [6.07, 6.45) is 1.68. The largest absolute Gasteiger partial charge is 0.389 e. The first-order chi connectivity index (χ1) is 8.58. The van der Waals surface area contributed by atoms with Crippen LogP contribution in [0.15, 0.2) is 41.0 Å². The molecule has 1 aromatic carbocycles. The van der Waals surface area contributed by atoms with Crippen LogP contribution in [0.25, 0.3) is 0 Å². The van der Waals surface area contributed by atoms with Crippen LogP contribution in [0.2, 0.25) is 5.02 Å². The maximum absolute atomic E-state index is 5.93. The van der Waals surface area contributed by atoms with E-state index < -0.39 is 0 Å². The maximum Gasteiger partial charge on any atom is 0.140 e. The van der Waals surface area contributed by atoms with Gasteiger partial charge in [-0.1, -0.05) is 23.8 Å². The number of nitrogens with one attached hydrogen (secondary N) is 1. The molecular formula is C12H9BrClN3S. The van der Waals surface area contributed by atoms with E-state index in [1.165, 1.54) is 0 Å². The minimum atomic E-state index is 0.304. The Morgan fingerprint density at radius 2 is 2.17 bits per heavy atom. The highest BCUT2D eigenvalue weighted by Gasteiger charge is 2.07. The van der Waals surface area contributed by atoms with E-state index in [2.05, 4.69) is 26.2 Å². The molecule has 2 aromatic rings. The van der Waals surface area contributed by atoms with Gasteiger partial charge in [-0.3, -0.25) is 0 Å². The van der Waals surface area contributed by atoms with Crippen molar-refractivity contribution in [2.45, 2.75) is 0 Å². The van der Waals surface area contributed by atoms with Crippen molar-refractivity contribution in [2.75, 3.05) is 5.32 Å². The number of halogens is 2. The number of hydrogen-bond acceptors (Lipinski definition) is 3. The quantitative estimate of drug-likeness (QED) is 0.831. The Hall–Kier alpha value is -1.17. The zero-order valence-corrected chi connectivity index (χ0v) is 12.3.